The Labute approximate surface area is 131 Å². The number of fused-ring (bicyclic) bond motifs is 2. The topological polar surface area (TPSA) is 0 Å². The third kappa shape index (κ3) is 4.24. The molecule has 0 heterocycles. The summed E-state index contributed by atoms with van der Waals surface area (Å²) in [7, 11) is 0. The van der Waals surface area contributed by atoms with Crippen LogP contribution in [0.3, 0.4) is 0 Å². The van der Waals surface area contributed by atoms with Gasteiger partial charge in [0.05, 0.1) is 0 Å². The first-order valence-corrected chi connectivity index (χ1v) is 8.93. The SMILES string of the molecule is C1CCC2CCCC2C1.C1CCC2CCCC2C1.[Fe]. The molecule has 1 heteroatoms. The van der Waals surface area contributed by atoms with Crippen LogP contribution in [0.5, 0.6) is 0 Å². The fourth-order valence-electron chi connectivity index (χ4n) is 5.37. The largest absolute Gasteiger partial charge is 0.0530 e. The molecule has 19 heavy (non-hydrogen) atoms. The minimum atomic E-state index is 0. The fraction of sp³-hybridized carbons (Fsp3) is 1.00. The van der Waals surface area contributed by atoms with Crippen LogP contribution in [0.1, 0.15) is 89.9 Å². The zero-order chi connectivity index (χ0) is 12.2. The maximum Gasteiger partial charge on any atom is 0 e. The van der Waals surface area contributed by atoms with Crippen molar-refractivity contribution in [1.29, 1.82) is 0 Å². The molecule has 0 aromatic carbocycles. The van der Waals surface area contributed by atoms with Crippen LogP contribution in [-0.2, 0) is 17.1 Å². The second-order valence-corrected chi connectivity index (χ2v) is 7.47. The molecule has 0 spiro atoms. The van der Waals surface area contributed by atoms with Crippen LogP contribution >= 0.6 is 0 Å². The first-order valence-electron chi connectivity index (χ1n) is 8.93. The van der Waals surface area contributed by atoms with Crippen molar-refractivity contribution in [2.75, 3.05) is 0 Å². The molecule has 0 aromatic heterocycles. The van der Waals surface area contributed by atoms with Gasteiger partial charge in [-0.05, 0) is 23.7 Å². The molecule has 4 fully saturated rings. The van der Waals surface area contributed by atoms with Crippen LogP contribution in [-0.4, -0.2) is 0 Å². The molecule has 0 radical (unpaired) electrons. The Hall–Kier alpha value is 0.519. The van der Waals surface area contributed by atoms with E-state index in [2.05, 4.69) is 0 Å². The van der Waals surface area contributed by atoms with Gasteiger partial charge in [-0.3, -0.25) is 0 Å². The predicted molar refractivity (Wildman–Crippen MR) is 78.6 cm³/mol. The van der Waals surface area contributed by atoms with E-state index in [0.29, 0.717) is 0 Å². The Balaban J connectivity index is 0.000000133. The van der Waals surface area contributed by atoms with Crippen molar-refractivity contribution in [3.8, 4) is 0 Å². The molecule has 4 saturated carbocycles. The van der Waals surface area contributed by atoms with Crippen molar-refractivity contribution < 1.29 is 17.1 Å². The van der Waals surface area contributed by atoms with E-state index in [1.165, 1.54) is 62.2 Å². The molecule has 4 rings (SSSR count). The van der Waals surface area contributed by atoms with Crippen molar-refractivity contribution in [1.82, 2.24) is 0 Å². The minimum Gasteiger partial charge on any atom is -0.0530 e. The van der Waals surface area contributed by atoms with Gasteiger partial charge >= 0.3 is 0 Å². The van der Waals surface area contributed by atoms with Crippen molar-refractivity contribution in [3.05, 3.63) is 0 Å². The summed E-state index contributed by atoms with van der Waals surface area (Å²) in [6.07, 6.45) is 21.7. The zero-order valence-corrected chi connectivity index (χ0v) is 13.7. The Morgan fingerprint density at radius 1 is 0.316 bits per heavy atom. The summed E-state index contributed by atoms with van der Waals surface area (Å²) in [6, 6.07) is 0. The quantitative estimate of drug-likeness (QED) is 0.485. The number of hydrogen-bond acceptors (Lipinski definition) is 0. The Morgan fingerprint density at radius 3 is 0.789 bits per heavy atom. The second kappa shape index (κ2) is 8.08. The summed E-state index contributed by atoms with van der Waals surface area (Å²) in [5.41, 5.74) is 0. The second-order valence-electron chi connectivity index (χ2n) is 7.47. The molecule has 4 atom stereocenters. The maximum absolute atomic E-state index is 1.56. The first-order chi connectivity index (χ1) is 8.93. The summed E-state index contributed by atoms with van der Waals surface area (Å²) in [5.74, 6) is 4.66. The van der Waals surface area contributed by atoms with Gasteiger partial charge < -0.3 is 0 Å². The van der Waals surface area contributed by atoms with E-state index in [4.69, 9.17) is 0 Å². The summed E-state index contributed by atoms with van der Waals surface area (Å²) >= 11 is 0. The van der Waals surface area contributed by atoms with Gasteiger partial charge in [0.25, 0.3) is 0 Å². The van der Waals surface area contributed by atoms with Crippen molar-refractivity contribution >= 4 is 0 Å². The van der Waals surface area contributed by atoms with E-state index < -0.39 is 0 Å². The molecular weight excluding hydrogens is 272 g/mol. The van der Waals surface area contributed by atoms with Gasteiger partial charge in [-0.25, -0.2) is 0 Å². The normalized spacial score (nSPS) is 40.4. The van der Waals surface area contributed by atoms with E-state index >= 15 is 0 Å². The molecule has 4 unspecified atom stereocenters. The molecule has 0 bridgehead atoms. The van der Waals surface area contributed by atoms with Crippen molar-refractivity contribution in [2.45, 2.75) is 89.9 Å². The standard InChI is InChI=1S/2C9H16.Fe/c2*1-2-5-9-7-3-6-8(9)4-1;/h2*8-9H,1-7H2;. The first kappa shape index (κ1) is 15.9. The van der Waals surface area contributed by atoms with Gasteiger partial charge in [-0.15, -0.1) is 0 Å². The molecule has 0 aliphatic heterocycles. The van der Waals surface area contributed by atoms with Crippen LogP contribution in [0.25, 0.3) is 0 Å². The number of rotatable bonds is 0. The van der Waals surface area contributed by atoms with Gasteiger partial charge in [-0.2, -0.15) is 0 Å². The average molecular weight is 304 g/mol. The van der Waals surface area contributed by atoms with Crippen LogP contribution in [0.15, 0.2) is 0 Å². The maximum atomic E-state index is 1.56. The van der Waals surface area contributed by atoms with E-state index in [9.17, 15) is 0 Å². The smallest absolute Gasteiger partial charge is 0 e. The van der Waals surface area contributed by atoms with E-state index in [0.717, 1.165) is 0 Å². The summed E-state index contributed by atoms with van der Waals surface area (Å²) in [4.78, 5) is 0. The molecule has 0 nitrogen and oxygen atoms in total. The van der Waals surface area contributed by atoms with Crippen LogP contribution in [0, 0.1) is 23.7 Å². The molecule has 0 amide bonds. The van der Waals surface area contributed by atoms with E-state index in [1.54, 1.807) is 51.4 Å². The molecular formula is C18H32Fe. The summed E-state index contributed by atoms with van der Waals surface area (Å²) < 4.78 is 0. The van der Waals surface area contributed by atoms with E-state index in [-0.39, 0.29) is 17.1 Å². The van der Waals surface area contributed by atoms with Crippen LogP contribution < -0.4 is 0 Å². The summed E-state index contributed by atoms with van der Waals surface area (Å²) in [6.45, 7) is 0. The van der Waals surface area contributed by atoms with Gasteiger partial charge in [-0.1, -0.05) is 89.9 Å². The van der Waals surface area contributed by atoms with Gasteiger partial charge in [0.2, 0.25) is 0 Å². The Bertz CT molecular complexity index is 200. The molecule has 4 aliphatic rings. The molecule has 0 saturated heterocycles. The monoisotopic (exact) mass is 304 g/mol. The van der Waals surface area contributed by atoms with Crippen LogP contribution in [0.2, 0.25) is 0 Å². The molecule has 0 N–H and O–H groups in total. The number of hydrogen-bond donors (Lipinski definition) is 0. The summed E-state index contributed by atoms with van der Waals surface area (Å²) in [5, 5.41) is 0. The molecule has 0 aromatic rings. The van der Waals surface area contributed by atoms with Gasteiger partial charge in [0.1, 0.15) is 0 Å². The molecule has 112 valence electrons. The van der Waals surface area contributed by atoms with E-state index in [1.807, 2.05) is 0 Å². The van der Waals surface area contributed by atoms with Gasteiger partial charge in [0.15, 0.2) is 0 Å². The zero-order valence-electron chi connectivity index (χ0n) is 12.6. The van der Waals surface area contributed by atoms with Crippen molar-refractivity contribution in [2.24, 2.45) is 23.7 Å². The third-order valence-electron chi connectivity index (χ3n) is 6.43. The Morgan fingerprint density at radius 2 is 0.526 bits per heavy atom. The minimum absolute atomic E-state index is 0. The average Bonchev–Trinajstić information content (AvgIpc) is 3.08. The fourth-order valence-corrected chi connectivity index (χ4v) is 5.37. The van der Waals surface area contributed by atoms with Gasteiger partial charge in [0, 0.05) is 17.1 Å². The third-order valence-corrected chi connectivity index (χ3v) is 6.43. The Kier molecular flexibility index (Phi) is 6.76. The molecule has 4 aliphatic carbocycles. The van der Waals surface area contributed by atoms with Crippen molar-refractivity contribution in [3.63, 3.8) is 0 Å². The van der Waals surface area contributed by atoms with Crippen LogP contribution in [0.4, 0.5) is 0 Å². The predicted octanol–water partition coefficient (Wildman–Crippen LogP) is 5.95.